The molecule has 0 aromatic carbocycles. The molecule has 2 atom stereocenters. The van der Waals surface area contributed by atoms with Crippen LogP contribution in [0, 0.1) is 17.8 Å². The van der Waals surface area contributed by atoms with E-state index in [-0.39, 0.29) is 17.8 Å². The lowest BCUT2D eigenvalue weighted by Crippen LogP contribution is -2.17. The lowest BCUT2D eigenvalue weighted by atomic mass is 9.83. The first-order chi connectivity index (χ1) is 16.5. The van der Waals surface area contributed by atoms with Crippen molar-refractivity contribution in [1.82, 2.24) is 4.98 Å². The molecule has 1 aliphatic heterocycles. The monoisotopic (exact) mass is 463 g/mol. The van der Waals surface area contributed by atoms with E-state index in [1.54, 1.807) is 18.5 Å². The molecule has 2 aliphatic rings. The average molecular weight is 464 g/mol. The SMILES string of the molecule is C/C=C1/C(c2cc(Oc3ccccn3)co2)=NCC(C2CCCC2)C(C)=C1N=C(F)C(C)CC. The summed E-state index contributed by atoms with van der Waals surface area (Å²) in [5, 5.41) is 0. The van der Waals surface area contributed by atoms with Crippen LogP contribution in [0.2, 0.25) is 0 Å². The summed E-state index contributed by atoms with van der Waals surface area (Å²) >= 11 is 0. The summed E-state index contributed by atoms with van der Waals surface area (Å²) in [5.41, 5.74) is 3.30. The second kappa shape index (κ2) is 10.9. The number of ether oxygens (including phenoxy) is 1. The maximum absolute atomic E-state index is 15.1. The van der Waals surface area contributed by atoms with Gasteiger partial charge in [-0.1, -0.05) is 38.8 Å². The fourth-order valence-corrected chi connectivity index (χ4v) is 4.82. The molecule has 2 unspecified atom stereocenters. The summed E-state index contributed by atoms with van der Waals surface area (Å²) in [7, 11) is 0. The highest BCUT2D eigenvalue weighted by Crippen LogP contribution is 2.40. The highest BCUT2D eigenvalue weighted by Gasteiger charge is 2.32. The van der Waals surface area contributed by atoms with Crippen LogP contribution in [0.15, 0.2) is 74.0 Å². The van der Waals surface area contributed by atoms with Gasteiger partial charge in [-0.05, 0) is 50.7 Å². The Bertz CT molecular complexity index is 1110. The summed E-state index contributed by atoms with van der Waals surface area (Å²) in [6, 6.07) is 7.30. The van der Waals surface area contributed by atoms with Gasteiger partial charge in [-0.2, -0.15) is 4.39 Å². The first-order valence-corrected chi connectivity index (χ1v) is 12.4. The summed E-state index contributed by atoms with van der Waals surface area (Å²) in [4.78, 5) is 13.8. The molecule has 4 rings (SSSR count). The van der Waals surface area contributed by atoms with E-state index in [1.807, 2.05) is 45.0 Å². The van der Waals surface area contributed by atoms with Gasteiger partial charge in [-0.3, -0.25) is 4.99 Å². The van der Waals surface area contributed by atoms with E-state index >= 15 is 4.39 Å². The van der Waals surface area contributed by atoms with Crippen molar-refractivity contribution in [3.8, 4) is 11.6 Å². The Labute approximate surface area is 201 Å². The number of halogens is 1. The number of rotatable bonds is 7. The van der Waals surface area contributed by atoms with Crippen molar-refractivity contribution in [3.63, 3.8) is 0 Å². The van der Waals surface area contributed by atoms with Gasteiger partial charge in [0.05, 0.1) is 5.70 Å². The van der Waals surface area contributed by atoms with Crippen LogP contribution in [0.25, 0.3) is 0 Å². The zero-order valence-electron chi connectivity index (χ0n) is 20.6. The minimum atomic E-state index is -0.332. The molecule has 2 aromatic rings. The van der Waals surface area contributed by atoms with Crippen LogP contribution < -0.4 is 4.74 Å². The number of allylic oxidation sites excluding steroid dienone is 2. The first-order valence-electron chi connectivity index (χ1n) is 12.4. The molecule has 3 heterocycles. The Morgan fingerprint density at radius 1 is 1.32 bits per heavy atom. The molecule has 1 saturated carbocycles. The fourth-order valence-electron chi connectivity index (χ4n) is 4.82. The molecule has 0 spiro atoms. The first kappa shape index (κ1) is 24.1. The van der Waals surface area contributed by atoms with Crippen molar-refractivity contribution in [3.05, 3.63) is 65.4 Å². The zero-order valence-corrected chi connectivity index (χ0v) is 20.6. The van der Waals surface area contributed by atoms with E-state index in [0.29, 0.717) is 47.7 Å². The van der Waals surface area contributed by atoms with E-state index in [4.69, 9.17) is 14.1 Å². The van der Waals surface area contributed by atoms with Crippen LogP contribution in [0.1, 0.15) is 65.6 Å². The summed E-state index contributed by atoms with van der Waals surface area (Å²) in [6.45, 7) is 8.54. The molecule has 0 N–H and O–H groups in total. The largest absolute Gasteiger partial charge is 0.459 e. The normalized spacial score (nSPS) is 22.1. The number of pyridine rings is 1. The topological polar surface area (TPSA) is 60.0 Å². The molecule has 2 aromatic heterocycles. The Kier molecular flexibility index (Phi) is 7.76. The minimum absolute atomic E-state index is 0.228. The number of hydrogen-bond acceptors (Lipinski definition) is 5. The Balaban J connectivity index is 1.73. The highest BCUT2D eigenvalue weighted by atomic mass is 19.1. The van der Waals surface area contributed by atoms with Crippen molar-refractivity contribution in [2.45, 2.75) is 59.8 Å². The number of furan rings is 1. The van der Waals surface area contributed by atoms with Crippen LogP contribution in [0.5, 0.6) is 11.6 Å². The van der Waals surface area contributed by atoms with Gasteiger partial charge in [-0.25, -0.2) is 9.98 Å². The van der Waals surface area contributed by atoms with Gasteiger partial charge in [0.1, 0.15) is 12.0 Å². The molecular weight excluding hydrogens is 429 g/mol. The van der Waals surface area contributed by atoms with Gasteiger partial charge >= 0.3 is 0 Å². The minimum Gasteiger partial charge on any atom is -0.459 e. The Morgan fingerprint density at radius 3 is 2.79 bits per heavy atom. The maximum atomic E-state index is 15.1. The Morgan fingerprint density at radius 2 is 2.12 bits per heavy atom. The maximum Gasteiger partial charge on any atom is 0.219 e. The molecular formula is C28H34FN3O2. The molecule has 1 aliphatic carbocycles. The van der Waals surface area contributed by atoms with Gasteiger partial charge < -0.3 is 9.15 Å². The molecule has 34 heavy (non-hydrogen) atoms. The molecule has 0 saturated heterocycles. The predicted molar refractivity (Wildman–Crippen MR) is 134 cm³/mol. The van der Waals surface area contributed by atoms with Crippen molar-refractivity contribution in [2.75, 3.05) is 6.54 Å². The second-order valence-corrected chi connectivity index (χ2v) is 9.23. The summed E-state index contributed by atoms with van der Waals surface area (Å²) < 4.78 is 26.8. The Hall–Kier alpha value is -3.02. The number of nitrogens with zero attached hydrogens (tertiary/aromatic N) is 3. The molecule has 1 fully saturated rings. The summed E-state index contributed by atoms with van der Waals surface area (Å²) in [5.74, 6) is 1.85. The van der Waals surface area contributed by atoms with E-state index in [1.165, 1.54) is 25.7 Å². The summed E-state index contributed by atoms with van der Waals surface area (Å²) in [6.07, 6.45) is 10.8. The van der Waals surface area contributed by atoms with Crippen molar-refractivity contribution >= 4 is 11.7 Å². The average Bonchev–Trinajstić information content (AvgIpc) is 3.53. The van der Waals surface area contributed by atoms with Crippen molar-refractivity contribution in [1.29, 1.82) is 0 Å². The smallest absolute Gasteiger partial charge is 0.219 e. The molecule has 180 valence electrons. The van der Waals surface area contributed by atoms with Gasteiger partial charge in [0.25, 0.3) is 0 Å². The van der Waals surface area contributed by atoms with E-state index in [2.05, 4.69) is 16.9 Å². The van der Waals surface area contributed by atoms with Gasteiger partial charge in [0, 0.05) is 42.3 Å². The molecule has 0 amide bonds. The van der Waals surface area contributed by atoms with Crippen LogP contribution >= 0.6 is 0 Å². The van der Waals surface area contributed by atoms with E-state index < -0.39 is 0 Å². The van der Waals surface area contributed by atoms with Crippen LogP contribution in [0.4, 0.5) is 4.39 Å². The van der Waals surface area contributed by atoms with Gasteiger partial charge in [0.15, 0.2) is 17.5 Å². The second-order valence-electron chi connectivity index (χ2n) is 9.23. The van der Waals surface area contributed by atoms with Gasteiger partial charge in [0.2, 0.25) is 5.88 Å². The van der Waals surface area contributed by atoms with Crippen LogP contribution in [0.3, 0.4) is 0 Å². The molecule has 0 bridgehead atoms. The lowest BCUT2D eigenvalue weighted by molar-refractivity contribution is 0.394. The molecule has 0 radical (unpaired) electrons. The third-order valence-electron chi connectivity index (χ3n) is 7.05. The van der Waals surface area contributed by atoms with Crippen LogP contribution in [-0.4, -0.2) is 23.2 Å². The van der Waals surface area contributed by atoms with Crippen molar-refractivity contribution in [2.24, 2.45) is 27.7 Å². The predicted octanol–water partition coefficient (Wildman–Crippen LogP) is 7.71. The quantitative estimate of drug-likeness (QED) is 0.395. The van der Waals surface area contributed by atoms with Gasteiger partial charge in [-0.15, -0.1) is 0 Å². The van der Waals surface area contributed by atoms with Crippen molar-refractivity contribution < 1.29 is 13.5 Å². The van der Waals surface area contributed by atoms with E-state index in [9.17, 15) is 0 Å². The van der Waals surface area contributed by atoms with E-state index in [0.717, 1.165) is 11.1 Å². The third-order valence-corrected chi connectivity index (χ3v) is 7.05. The number of aliphatic imine (C=N–C) groups is 2. The van der Waals surface area contributed by atoms with Crippen LogP contribution in [-0.2, 0) is 0 Å². The zero-order chi connectivity index (χ0) is 24.1. The fraction of sp³-hybridized carbons (Fsp3) is 0.464. The highest BCUT2D eigenvalue weighted by molar-refractivity contribution is 6.14. The molecule has 6 heteroatoms. The lowest BCUT2D eigenvalue weighted by Gasteiger charge is -2.23. The third kappa shape index (κ3) is 5.21. The number of aromatic nitrogens is 1. The standard InChI is InChI=1S/C28H34FN3O2/c1-5-18(3)28(29)32-26-19(4)23(20-11-7-8-12-20)16-31-27(22(26)6-2)24-15-21(17-33-24)34-25-13-9-10-14-30-25/h6,9-10,13-15,17-18,20,23H,5,7-8,11-12,16H2,1-4H3/b22-6+,32-28?. The number of hydrogen-bond donors (Lipinski definition) is 0. The molecule has 5 nitrogen and oxygen atoms in total.